The molecule has 0 radical (unpaired) electrons. The normalized spacial score (nSPS) is 12.2. The van der Waals surface area contributed by atoms with Crippen LogP contribution in [-0.2, 0) is 10.8 Å². The molecule has 0 saturated carbocycles. The van der Waals surface area contributed by atoms with Gasteiger partial charge in [-0.05, 0) is 22.0 Å². The molecular weight excluding hydrogens is 316 g/mol. The Labute approximate surface area is 157 Å². The predicted octanol–water partition coefficient (Wildman–Crippen LogP) is 6.41. The van der Waals surface area contributed by atoms with Crippen LogP contribution in [0.3, 0.4) is 0 Å². The lowest BCUT2D eigenvalue weighted by Crippen LogP contribution is -2.10. The van der Waals surface area contributed by atoms with Gasteiger partial charge in [-0.1, -0.05) is 90.1 Å². The average molecular weight is 345 g/mol. The highest BCUT2D eigenvalue weighted by Gasteiger charge is 2.14. The highest BCUT2D eigenvalue weighted by atomic mass is 14.8. The van der Waals surface area contributed by atoms with Crippen LogP contribution in [0, 0.1) is 0 Å². The highest BCUT2D eigenvalue weighted by molar-refractivity contribution is 5.63. The minimum absolute atomic E-state index is 0.160. The first-order valence-electron chi connectivity index (χ1n) is 9.18. The first-order chi connectivity index (χ1) is 12.1. The van der Waals surface area contributed by atoms with E-state index >= 15 is 0 Å². The summed E-state index contributed by atoms with van der Waals surface area (Å²) < 4.78 is 0. The Bertz CT molecular complexity index is 783. The molecule has 0 N–H and O–H groups in total. The molecule has 0 spiro atoms. The van der Waals surface area contributed by atoms with E-state index in [4.69, 9.17) is 0 Å². The van der Waals surface area contributed by atoms with Gasteiger partial charge in [0.25, 0.3) is 0 Å². The van der Waals surface area contributed by atoms with Crippen LogP contribution < -0.4 is 0 Å². The molecule has 26 heavy (non-hydrogen) atoms. The van der Waals surface area contributed by atoms with E-state index < -0.39 is 0 Å². The van der Waals surface area contributed by atoms with Crippen molar-refractivity contribution in [1.82, 2.24) is 9.97 Å². The van der Waals surface area contributed by atoms with Gasteiger partial charge in [0.15, 0.2) is 0 Å². The molecule has 0 aliphatic carbocycles. The Balaban J connectivity index is 1.82. The minimum Gasteiger partial charge on any atom is -0.252 e. The second kappa shape index (κ2) is 6.68. The second-order valence-electron chi connectivity index (χ2n) is 8.94. The lowest BCUT2D eigenvalue weighted by atomic mass is 9.86. The number of rotatable bonds is 2. The van der Waals surface area contributed by atoms with E-state index in [1.54, 1.807) is 0 Å². The first-order valence-corrected chi connectivity index (χ1v) is 9.18. The molecule has 3 rings (SSSR count). The standard InChI is InChI=1S/C24H28N2/c1-23(2,3)19-11-7-17(8-12-19)21-15-26-22(16-25-21)18-9-13-20(14-10-18)24(4,5)6/h7-16H,1-6H3. The molecule has 2 aromatic carbocycles. The van der Waals surface area contributed by atoms with Gasteiger partial charge >= 0.3 is 0 Å². The lowest BCUT2D eigenvalue weighted by molar-refractivity contribution is 0.590. The van der Waals surface area contributed by atoms with Crippen LogP contribution in [0.4, 0.5) is 0 Å². The summed E-state index contributed by atoms with van der Waals surface area (Å²) in [6, 6.07) is 17.2. The zero-order valence-electron chi connectivity index (χ0n) is 16.7. The molecule has 0 fully saturated rings. The summed E-state index contributed by atoms with van der Waals surface area (Å²) in [4.78, 5) is 9.25. The summed E-state index contributed by atoms with van der Waals surface area (Å²) in [7, 11) is 0. The quantitative estimate of drug-likeness (QED) is 0.537. The van der Waals surface area contributed by atoms with Crippen LogP contribution in [0.15, 0.2) is 60.9 Å². The van der Waals surface area contributed by atoms with Gasteiger partial charge in [0, 0.05) is 11.1 Å². The smallest absolute Gasteiger partial charge is 0.0885 e. The van der Waals surface area contributed by atoms with Crippen molar-refractivity contribution in [3.8, 4) is 22.5 Å². The first kappa shape index (κ1) is 18.3. The van der Waals surface area contributed by atoms with E-state index in [2.05, 4.69) is 100 Å². The van der Waals surface area contributed by atoms with Gasteiger partial charge in [0.2, 0.25) is 0 Å². The van der Waals surface area contributed by atoms with Crippen molar-refractivity contribution in [2.24, 2.45) is 0 Å². The third-order valence-electron chi connectivity index (χ3n) is 4.75. The monoisotopic (exact) mass is 344 g/mol. The molecule has 134 valence electrons. The van der Waals surface area contributed by atoms with E-state index in [0.717, 1.165) is 22.5 Å². The molecule has 0 saturated heterocycles. The molecule has 0 unspecified atom stereocenters. The maximum atomic E-state index is 4.63. The van der Waals surface area contributed by atoms with Crippen LogP contribution >= 0.6 is 0 Å². The molecular formula is C24H28N2. The van der Waals surface area contributed by atoms with Crippen LogP contribution in [0.25, 0.3) is 22.5 Å². The summed E-state index contributed by atoms with van der Waals surface area (Å²) >= 11 is 0. The van der Waals surface area contributed by atoms with Crippen molar-refractivity contribution in [2.45, 2.75) is 52.4 Å². The number of hydrogen-bond acceptors (Lipinski definition) is 2. The van der Waals surface area contributed by atoms with E-state index in [1.165, 1.54) is 11.1 Å². The van der Waals surface area contributed by atoms with E-state index in [-0.39, 0.29) is 10.8 Å². The lowest BCUT2D eigenvalue weighted by Gasteiger charge is -2.19. The SMILES string of the molecule is CC(C)(C)c1ccc(-c2cnc(-c3ccc(C(C)(C)C)cc3)cn2)cc1. The summed E-state index contributed by atoms with van der Waals surface area (Å²) in [5.74, 6) is 0. The number of nitrogens with zero attached hydrogens (tertiary/aromatic N) is 2. The fourth-order valence-corrected chi connectivity index (χ4v) is 2.91. The van der Waals surface area contributed by atoms with Crippen molar-refractivity contribution >= 4 is 0 Å². The zero-order valence-corrected chi connectivity index (χ0v) is 16.7. The van der Waals surface area contributed by atoms with Gasteiger partial charge in [-0.25, -0.2) is 0 Å². The minimum atomic E-state index is 0.160. The van der Waals surface area contributed by atoms with Crippen molar-refractivity contribution in [1.29, 1.82) is 0 Å². The number of hydrogen-bond donors (Lipinski definition) is 0. The molecule has 1 aromatic heterocycles. The second-order valence-corrected chi connectivity index (χ2v) is 8.94. The molecule has 0 bridgehead atoms. The average Bonchev–Trinajstić information content (AvgIpc) is 2.61. The van der Waals surface area contributed by atoms with Crippen LogP contribution in [0.1, 0.15) is 52.7 Å². The number of benzene rings is 2. The van der Waals surface area contributed by atoms with Gasteiger partial charge in [-0.15, -0.1) is 0 Å². The van der Waals surface area contributed by atoms with Crippen LogP contribution in [-0.4, -0.2) is 9.97 Å². The van der Waals surface area contributed by atoms with Crippen molar-refractivity contribution in [3.63, 3.8) is 0 Å². The maximum Gasteiger partial charge on any atom is 0.0885 e. The molecule has 0 aliphatic rings. The van der Waals surface area contributed by atoms with Crippen LogP contribution in [0.2, 0.25) is 0 Å². The van der Waals surface area contributed by atoms with Crippen molar-refractivity contribution in [2.75, 3.05) is 0 Å². The molecule has 1 heterocycles. The molecule has 0 atom stereocenters. The van der Waals surface area contributed by atoms with Gasteiger partial charge in [0.05, 0.1) is 23.8 Å². The Hall–Kier alpha value is -2.48. The van der Waals surface area contributed by atoms with Gasteiger partial charge in [-0.3, -0.25) is 9.97 Å². The summed E-state index contributed by atoms with van der Waals surface area (Å²) in [6.07, 6.45) is 3.72. The summed E-state index contributed by atoms with van der Waals surface area (Å²) in [5, 5.41) is 0. The molecule has 3 aromatic rings. The van der Waals surface area contributed by atoms with Gasteiger partial charge in [0.1, 0.15) is 0 Å². The van der Waals surface area contributed by atoms with E-state index in [1.807, 2.05) is 12.4 Å². The third kappa shape index (κ3) is 4.01. The highest BCUT2D eigenvalue weighted by Crippen LogP contribution is 2.27. The molecule has 0 aliphatic heterocycles. The summed E-state index contributed by atoms with van der Waals surface area (Å²) in [5.41, 5.74) is 6.97. The summed E-state index contributed by atoms with van der Waals surface area (Å²) in [6.45, 7) is 13.3. The van der Waals surface area contributed by atoms with Crippen molar-refractivity contribution < 1.29 is 0 Å². The Kier molecular flexibility index (Phi) is 4.70. The largest absolute Gasteiger partial charge is 0.252 e. The fraction of sp³-hybridized carbons (Fsp3) is 0.333. The Morgan fingerprint density at radius 3 is 1.04 bits per heavy atom. The fourth-order valence-electron chi connectivity index (χ4n) is 2.91. The Morgan fingerprint density at radius 1 is 0.500 bits per heavy atom. The topological polar surface area (TPSA) is 25.8 Å². The van der Waals surface area contributed by atoms with Gasteiger partial charge < -0.3 is 0 Å². The van der Waals surface area contributed by atoms with Crippen molar-refractivity contribution in [3.05, 3.63) is 72.1 Å². The molecule has 2 nitrogen and oxygen atoms in total. The number of aromatic nitrogens is 2. The van der Waals surface area contributed by atoms with E-state index in [9.17, 15) is 0 Å². The molecule has 2 heteroatoms. The van der Waals surface area contributed by atoms with E-state index in [0.29, 0.717) is 0 Å². The zero-order chi connectivity index (χ0) is 18.9. The van der Waals surface area contributed by atoms with Crippen LogP contribution in [0.5, 0.6) is 0 Å². The Morgan fingerprint density at radius 2 is 0.808 bits per heavy atom. The predicted molar refractivity (Wildman–Crippen MR) is 110 cm³/mol. The maximum absolute atomic E-state index is 4.63. The molecule has 0 amide bonds. The van der Waals surface area contributed by atoms with Gasteiger partial charge in [-0.2, -0.15) is 0 Å². The third-order valence-corrected chi connectivity index (χ3v) is 4.75.